The zero-order valence-electron chi connectivity index (χ0n) is 10.9. The maximum atomic E-state index is 12.6. The molecule has 98 valence electrons. The van der Waals surface area contributed by atoms with E-state index in [2.05, 4.69) is 17.3 Å². The monoisotopic (exact) mass is 255 g/mol. The van der Waals surface area contributed by atoms with Gasteiger partial charge in [-0.15, -0.1) is 0 Å². The summed E-state index contributed by atoms with van der Waals surface area (Å²) in [6.45, 7) is 3.79. The van der Waals surface area contributed by atoms with Gasteiger partial charge in [-0.05, 0) is 30.7 Å². The molecule has 0 saturated carbocycles. The Bertz CT molecular complexity index is 576. The number of rotatable bonds is 3. The number of nitrogens with zero attached hydrogens (tertiary/aromatic N) is 2. The fourth-order valence-electron chi connectivity index (χ4n) is 2.62. The molecule has 1 aromatic heterocycles. The molecule has 2 aromatic rings. The standard InChI is InChI=1S/C15H17N3O/c1-11-9-16-10-13(11)15(19)14-7-8-17-18(14)12-5-3-2-4-6-12/h2-8,11,13,16H,9-10H2,1H3. The average Bonchev–Trinajstić information content (AvgIpc) is 3.07. The minimum absolute atomic E-state index is 0.0548. The fourth-order valence-corrected chi connectivity index (χ4v) is 2.62. The molecular weight excluding hydrogens is 238 g/mol. The summed E-state index contributed by atoms with van der Waals surface area (Å²) < 4.78 is 1.73. The van der Waals surface area contributed by atoms with Crippen LogP contribution in [0.25, 0.3) is 5.69 Å². The largest absolute Gasteiger partial charge is 0.316 e. The lowest BCUT2D eigenvalue weighted by atomic mass is 9.92. The van der Waals surface area contributed by atoms with Crippen LogP contribution in [-0.4, -0.2) is 28.7 Å². The van der Waals surface area contributed by atoms with E-state index in [9.17, 15) is 4.79 Å². The van der Waals surface area contributed by atoms with Crippen molar-refractivity contribution in [2.45, 2.75) is 6.92 Å². The van der Waals surface area contributed by atoms with E-state index >= 15 is 0 Å². The van der Waals surface area contributed by atoms with Gasteiger partial charge in [0.05, 0.1) is 11.9 Å². The van der Waals surface area contributed by atoms with Gasteiger partial charge in [0, 0.05) is 12.5 Å². The number of aromatic nitrogens is 2. The van der Waals surface area contributed by atoms with Crippen molar-refractivity contribution in [1.82, 2.24) is 15.1 Å². The van der Waals surface area contributed by atoms with E-state index in [1.807, 2.05) is 30.3 Å². The van der Waals surface area contributed by atoms with Gasteiger partial charge in [0.2, 0.25) is 0 Å². The van der Waals surface area contributed by atoms with Crippen molar-refractivity contribution in [3.8, 4) is 5.69 Å². The van der Waals surface area contributed by atoms with Crippen molar-refractivity contribution in [3.05, 3.63) is 48.3 Å². The van der Waals surface area contributed by atoms with Gasteiger partial charge in [-0.25, -0.2) is 4.68 Å². The van der Waals surface area contributed by atoms with Crippen molar-refractivity contribution in [3.63, 3.8) is 0 Å². The van der Waals surface area contributed by atoms with Crippen LogP contribution in [-0.2, 0) is 0 Å². The maximum absolute atomic E-state index is 12.6. The molecule has 1 saturated heterocycles. The van der Waals surface area contributed by atoms with Gasteiger partial charge in [-0.1, -0.05) is 25.1 Å². The van der Waals surface area contributed by atoms with Crippen LogP contribution in [0.5, 0.6) is 0 Å². The van der Waals surface area contributed by atoms with Gasteiger partial charge in [0.1, 0.15) is 5.69 Å². The summed E-state index contributed by atoms with van der Waals surface area (Å²) in [6.07, 6.45) is 1.69. The molecule has 2 heterocycles. The molecule has 1 N–H and O–H groups in total. The molecule has 2 atom stereocenters. The third-order valence-corrected chi connectivity index (χ3v) is 3.75. The topological polar surface area (TPSA) is 46.9 Å². The van der Waals surface area contributed by atoms with Gasteiger partial charge in [-0.2, -0.15) is 5.10 Å². The summed E-state index contributed by atoms with van der Waals surface area (Å²) in [5, 5.41) is 7.55. The van der Waals surface area contributed by atoms with Crippen molar-refractivity contribution < 1.29 is 4.79 Å². The first-order valence-corrected chi connectivity index (χ1v) is 6.62. The van der Waals surface area contributed by atoms with Crippen molar-refractivity contribution in [2.75, 3.05) is 13.1 Å². The van der Waals surface area contributed by atoms with Gasteiger partial charge >= 0.3 is 0 Å². The van der Waals surface area contributed by atoms with Gasteiger partial charge in [-0.3, -0.25) is 4.79 Å². The molecule has 4 nitrogen and oxygen atoms in total. The predicted octanol–water partition coefficient (Wildman–Crippen LogP) is 1.91. The van der Waals surface area contributed by atoms with Crippen LogP contribution >= 0.6 is 0 Å². The van der Waals surface area contributed by atoms with Crippen LogP contribution in [0.2, 0.25) is 0 Å². The summed E-state index contributed by atoms with van der Waals surface area (Å²) in [5.74, 6) is 0.615. The predicted molar refractivity (Wildman–Crippen MR) is 73.4 cm³/mol. The number of hydrogen-bond donors (Lipinski definition) is 1. The average molecular weight is 255 g/mol. The number of carbonyl (C=O) groups is 1. The number of benzene rings is 1. The molecule has 0 radical (unpaired) electrons. The van der Waals surface area contributed by atoms with Crippen molar-refractivity contribution >= 4 is 5.78 Å². The summed E-state index contributed by atoms with van der Waals surface area (Å²) in [5.41, 5.74) is 1.60. The molecule has 4 heteroatoms. The third-order valence-electron chi connectivity index (χ3n) is 3.75. The van der Waals surface area contributed by atoms with Crippen LogP contribution < -0.4 is 5.32 Å². The highest BCUT2D eigenvalue weighted by Crippen LogP contribution is 2.22. The number of ketones is 1. The molecule has 0 bridgehead atoms. The van der Waals surface area contributed by atoms with Crippen LogP contribution in [0.1, 0.15) is 17.4 Å². The summed E-state index contributed by atoms with van der Waals surface area (Å²) in [6, 6.07) is 11.6. The Labute approximate surface area is 112 Å². The summed E-state index contributed by atoms with van der Waals surface area (Å²) in [7, 11) is 0. The third kappa shape index (κ3) is 2.19. The first-order valence-electron chi connectivity index (χ1n) is 6.62. The first-order chi connectivity index (χ1) is 9.27. The van der Waals surface area contributed by atoms with E-state index in [1.165, 1.54) is 0 Å². The first kappa shape index (κ1) is 12.1. The molecule has 1 fully saturated rings. The van der Waals surface area contributed by atoms with E-state index in [-0.39, 0.29) is 11.7 Å². The van der Waals surface area contributed by atoms with E-state index in [4.69, 9.17) is 0 Å². The Hall–Kier alpha value is -1.94. The van der Waals surface area contributed by atoms with E-state index in [0.717, 1.165) is 18.8 Å². The molecule has 2 unspecified atom stereocenters. The Morgan fingerprint density at radius 1 is 1.26 bits per heavy atom. The highest BCUT2D eigenvalue weighted by Gasteiger charge is 2.32. The van der Waals surface area contributed by atoms with Gasteiger partial charge in [0.25, 0.3) is 0 Å². The molecule has 0 spiro atoms. The molecule has 0 aliphatic carbocycles. The molecule has 19 heavy (non-hydrogen) atoms. The quantitative estimate of drug-likeness (QED) is 0.852. The Kier molecular flexibility index (Phi) is 3.17. The second-order valence-electron chi connectivity index (χ2n) is 5.07. The van der Waals surface area contributed by atoms with Crippen LogP contribution in [0, 0.1) is 11.8 Å². The fraction of sp³-hybridized carbons (Fsp3) is 0.333. The Morgan fingerprint density at radius 2 is 2.05 bits per heavy atom. The minimum Gasteiger partial charge on any atom is -0.316 e. The highest BCUT2D eigenvalue weighted by molar-refractivity contribution is 5.97. The zero-order chi connectivity index (χ0) is 13.2. The molecular formula is C15H17N3O. The SMILES string of the molecule is CC1CNCC1C(=O)c1ccnn1-c1ccccc1. The van der Waals surface area contributed by atoms with Crippen LogP contribution in [0.15, 0.2) is 42.6 Å². The summed E-state index contributed by atoms with van der Waals surface area (Å²) in [4.78, 5) is 12.6. The van der Waals surface area contributed by atoms with E-state index in [1.54, 1.807) is 16.9 Å². The number of carbonyl (C=O) groups excluding carboxylic acids is 1. The number of hydrogen-bond acceptors (Lipinski definition) is 3. The van der Waals surface area contributed by atoms with Crippen LogP contribution in [0.3, 0.4) is 0 Å². The lowest BCUT2D eigenvalue weighted by Gasteiger charge is -2.14. The molecule has 1 aliphatic rings. The minimum atomic E-state index is 0.0548. The lowest BCUT2D eigenvalue weighted by molar-refractivity contribution is 0.0899. The van der Waals surface area contributed by atoms with E-state index < -0.39 is 0 Å². The van der Waals surface area contributed by atoms with Gasteiger partial charge in [0.15, 0.2) is 5.78 Å². The smallest absolute Gasteiger partial charge is 0.185 e. The molecule has 1 aliphatic heterocycles. The maximum Gasteiger partial charge on any atom is 0.185 e. The lowest BCUT2D eigenvalue weighted by Crippen LogP contribution is -2.24. The number of nitrogens with one attached hydrogen (secondary N) is 1. The molecule has 0 amide bonds. The van der Waals surface area contributed by atoms with Crippen molar-refractivity contribution in [2.24, 2.45) is 11.8 Å². The Morgan fingerprint density at radius 3 is 2.74 bits per heavy atom. The second kappa shape index (κ2) is 4.97. The number of para-hydroxylation sites is 1. The zero-order valence-corrected chi connectivity index (χ0v) is 10.9. The van der Waals surface area contributed by atoms with Crippen LogP contribution in [0.4, 0.5) is 0 Å². The summed E-state index contributed by atoms with van der Waals surface area (Å²) >= 11 is 0. The highest BCUT2D eigenvalue weighted by atomic mass is 16.1. The normalized spacial score (nSPS) is 22.6. The van der Waals surface area contributed by atoms with E-state index in [0.29, 0.717) is 11.6 Å². The Balaban J connectivity index is 1.94. The van der Waals surface area contributed by atoms with Gasteiger partial charge < -0.3 is 5.32 Å². The molecule has 1 aromatic carbocycles. The molecule has 3 rings (SSSR count). The van der Waals surface area contributed by atoms with Crippen molar-refractivity contribution in [1.29, 1.82) is 0 Å². The second-order valence-corrected chi connectivity index (χ2v) is 5.07. The number of Topliss-reactive ketones (excluding diaryl/α,β-unsaturated/α-hetero) is 1.